The van der Waals surface area contributed by atoms with Gasteiger partial charge < -0.3 is 0 Å². The third-order valence-electron chi connectivity index (χ3n) is 4.52. The first-order valence-electron chi connectivity index (χ1n) is 8.36. The second-order valence-corrected chi connectivity index (χ2v) is 8.55. The zero-order chi connectivity index (χ0) is 16.8. The van der Waals surface area contributed by atoms with Gasteiger partial charge in [-0.2, -0.15) is 0 Å². The van der Waals surface area contributed by atoms with Crippen molar-refractivity contribution in [2.24, 2.45) is 0 Å². The van der Waals surface area contributed by atoms with Crippen LogP contribution in [0.4, 0.5) is 0 Å². The molecule has 5 rings (SSSR count). The average Bonchev–Trinajstić information content (AvgIpc) is 3.23. The molecule has 0 spiro atoms. The van der Waals surface area contributed by atoms with E-state index in [0.29, 0.717) is 0 Å². The van der Waals surface area contributed by atoms with Crippen molar-refractivity contribution in [3.05, 3.63) is 84.4 Å². The Bertz CT molecular complexity index is 1140. The summed E-state index contributed by atoms with van der Waals surface area (Å²) < 4.78 is 2.72. The van der Waals surface area contributed by atoms with Gasteiger partial charge in [-0.3, -0.25) is 0 Å². The highest BCUT2D eigenvalue weighted by molar-refractivity contribution is 7.23. The van der Waals surface area contributed by atoms with Crippen molar-refractivity contribution >= 4 is 42.8 Å². The average molecular weight is 357 g/mol. The van der Waals surface area contributed by atoms with Gasteiger partial charge in [0.1, 0.15) is 0 Å². The van der Waals surface area contributed by atoms with Gasteiger partial charge in [-0.05, 0) is 53.1 Å². The van der Waals surface area contributed by atoms with Crippen LogP contribution < -0.4 is 0 Å². The lowest BCUT2D eigenvalue weighted by molar-refractivity contribution is 1.48. The summed E-state index contributed by atoms with van der Waals surface area (Å²) in [6.45, 7) is 2.15. The first kappa shape index (κ1) is 14.9. The zero-order valence-corrected chi connectivity index (χ0v) is 15.5. The van der Waals surface area contributed by atoms with Crippen molar-refractivity contribution in [2.45, 2.75) is 6.92 Å². The number of hydrogen-bond acceptors (Lipinski definition) is 2. The van der Waals surface area contributed by atoms with E-state index in [1.165, 1.54) is 46.6 Å². The summed E-state index contributed by atoms with van der Waals surface area (Å²) in [7, 11) is 0. The van der Waals surface area contributed by atoms with E-state index in [1.54, 1.807) is 0 Å². The van der Waals surface area contributed by atoms with Crippen molar-refractivity contribution in [3.8, 4) is 20.9 Å². The van der Waals surface area contributed by atoms with Crippen LogP contribution >= 0.6 is 22.7 Å². The van der Waals surface area contributed by atoms with Gasteiger partial charge in [-0.1, -0.05) is 60.2 Å². The van der Waals surface area contributed by atoms with Crippen LogP contribution in [-0.4, -0.2) is 0 Å². The Morgan fingerprint density at radius 1 is 0.560 bits per heavy atom. The molecule has 2 heterocycles. The van der Waals surface area contributed by atoms with E-state index < -0.39 is 0 Å². The molecule has 0 bridgehead atoms. The van der Waals surface area contributed by atoms with Gasteiger partial charge in [0.05, 0.1) is 0 Å². The van der Waals surface area contributed by atoms with E-state index in [1.807, 2.05) is 22.7 Å². The van der Waals surface area contributed by atoms with Gasteiger partial charge in [-0.25, -0.2) is 0 Å². The Hall–Kier alpha value is -2.42. The molecule has 120 valence electrons. The Kier molecular flexibility index (Phi) is 3.47. The van der Waals surface area contributed by atoms with Crippen LogP contribution in [0.5, 0.6) is 0 Å². The van der Waals surface area contributed by atoms with Crippen molar-refractivity contribution in [1.29, 1.82) is 0 Å². The molecule has 0 N–H and O–H groups in total. The zero-order valence-electron chi connectivity index (χ0n) is 13.8. The van der Waals surface area contributed by atoms with Gasteiger partial charge in [0, 0.05) is 19.2 Å². The highest BCUT2D eigenvalue weighted by atomic mass is 32.1. The fraction of sp³-hybridized carbons (Fsp3) is 0.0435. The molecule has 0 atom stereocenters. The van der Waals surface area contributed by atoms with E-state index in [2.05, 4.69) is 85.8 Å². The van der Waals surface area contributed by atoms with Gasteiger partial charge in [-0.15, -0.1) is 22.7 Å². The van der Waals surface area contributed by atoms with Crippen molar-refractivity contribution < 1.29 is 0 Å². The summed E-state index contributed by atoms with van der Waals surface area (Å²) in [5, 5.41) is 2.68. The lowest BCUT2D eigenvalue weighted by Gasteiger charge is -1.97. The Labute approximate surface area is 155 Å². The smallest absolute Gasteiger partial charge is 0.0356 e. The molecule has 2 heteroatoms. The van der Waals surface area contributed by atoms with Gasteiger partial charge >= 0.3 is 0 Å². The molecule has 0 saturated heterocycles. The predicted molar refractivity (Wildman–Crippen MR) is 113 cm³/mol. The fourth-order valence-electron chi connectivity index (χ4n) is 3.26. The molecule has 0 aliphatic carbocycles. The molecule has 25 heavy (non-hydrogen) atoms. The Balaban J connectivity index is 1.64. The van der Waals surface area contributed by atoms with E-state index in [0.717, 1.165) is 0 Å². The molecule has 0 aliphatic rings. The number of aryl methyl sites for hydroxylation is 1. The number of hydrogen-bond donors (Lipinski definition) is 0. The van der Waals surface area contributed by atoms with Crippen molar-refractivity contribution in [2.75, 3.05) is 0 Å². The maximum Gasteiger partial charge on any atom is 0.0356 e. The van der Waals surface area contributed by atoms with Crippen LogP contribution in [0.3, 0.4) is 0 Å². The van der Waals surface area contributed by atoms with Crippen LogP contribution in [0.25, 0.3) is 41.1 Å². The van der Waals surface area contributed by atoms with Crippen molar-refractivity contribution in [1.82, 2.24) is 0 Å². The molecular formula is C23H16S2. The third kappa shape index (κ3) is 2.68. The highest BCUT2D eigenvalue weighted by Crippen LogP contribution is 2.40. The van der Waals surface area contributed by atoms with Crippen LogP contribution in [-0.2, 0) is 0 Å². The minimum Gasteiger partial charge on any atom is -0.135 e. The molecule has 5 aromatic rings. The molecule has 3 aromatic carbocycles. The van der Waals surface area contributed by atoms with Gasteiger partial charge in [0.25, 0.3) is 0 Å². The van der Waals surface area contributed by atoms with E-state index in [9.17, 15) is 0 Å². The Morgan fingerprint density at radius 2 is 1.16 bits per heavy atom. The lowest BCUT2D eigenvalue weighted by atomic mass is 10.1. The molecule has 0 aliphatic heterocycles. The fourth-order valence-corrected chi connectivity index (χ4v) is 5.44. The molecule has 0 unspecified atom stereocenters. The molecule has 0 saturated carbocycles. The summed E-state index contributed by atoms with van der Waals surface area (Å²) in [6.07, 6.45) is 0. The van der Waals surface area contributed by atoms with Crippen LogP contribution in [0.1, 0.15) is 5.56 Å². The topological polar surface area (TPSA) is 0 Å². The standard InChI is InChI=1S/C23H16S2/c1-15-6-5-9-17(10-15)21-12-19-14-22-18(13-23(19)25-21)11-20(24-22)16-7-3-2-4-8-16/h2-14H,1H3. The van der Waals surface area contributed by atoms with Gasteiger partial charge in [0.15, 0.2) is 0 Å². The summed E-state index contributed by atoms with van der Waals surface area (Å²) >= 11 is 3.76. The first-order chi connectivity index (χ1) is 12.3. The highest BCUT2D eigenvalue weighted by Gasteiger charge is 2.09. The van der Waals surface area contributed by atoms with E-state index in [4.69, 9.17) is 0 Å². The summed E-state index contributed by atoms with van der Waals surface area (Å²) in [5.41, 5.74) is 3.92. The number of fused-ring (bicyclic) bond motifs is 2. The monoisotopic (exact) mass is 356 g/mol. The minimum absolute atomic E-state index is 1.30. The second-order valence-electron chi connectivity index (χ2n) is 6.38. The van der Waals surface area contributed by atoms with E-state index in [-0.39, 0.29) is 0 Å². The predicted octanol–water partition coefficient (Wildman–Crippen LogP) is 7.76. The van der Waals surface area contributed by atoms with Crippen LogP contribution in [0.2, 0.25) is 0 Å². The molecule has 0 amide bonds. The maximum absolute atomic E-state index is 2.34. The maximum atomic E-state index is 2.34. The molecule has 2 aromatic heterocycles. The van der Waals surface area contributed by atoms with Crippen LogP contribution in [0, 0.1) is 6.92 Å². The molecule has 0 fully saturated rings. The minimum atomic E-state index is 1.30. The summed E-state index contributed by atoms with van der Waals surface area (Å²) in [4.78, 5) is 2.69. The normalized spacial score (nSPS) is 11.4. The van der Waals surface area contributed by atoms with Crippen LogP contribution in [0.15, 0.2) is 78.9 Å². The SMILES string of the molecule is Cc1cccc(-c2cc3cc4sc(-c5ccccc5)cc4cc3s2)c1. The molecule has 0 nitrogen and oxygen atoms in total. The molecular weight excluding hydrogens is 340 g/mol. The quantitative estimate of drug-likeness (QED) is 0.303. The summed E-state index contributed by atoms with van der Waals surface area (Å²) in [6, 6.07) is 28.7. The largest absolute Gasteiger partial charge is 0.135 e. The Morgan fingerprint density at radius 3 is 1.80 bits per heavy atom. The number of thiophene rings is 2. The van der Waals surface area contributed by atoms with Crippen molar-refractivity contribution in [3.63, 3.8) is 0 Å². The first-order valence-corrected chi connectivity index (χ1v) is 9.99. The summed E-state index contributed by atoms with van der Waals surface area (Å²) in [5.74, 6) is 0. The van der Waals surface area contributed by atoms with E-state index >= 15 is 0 Å². The molecule has 0 radical (unpaired) electrons. The second kappa shape index (κ2) is 5.83. The number of benzene rings is 3. The third-order valence-corrected chi connectivity index (χ3v) is 6.81. The lowest BCUT2D eigenvalue weighted by Crippen LogP contribution is -1.73. The van der Waals surface area contributed by atoms with Gasteiger partial charge in [0.2, 0.25) is 0 Å². The number of rotatable bonds is 2.